The summed E-state index contributed by atoms with van der Waals surface area (Å²) < 4.78 is 23.1. The molecule has 0 atom stereocenters. The number of hydrogen-bond donors (Lipinski definition) is 0. The Morgan fingerprint density at radius 2 is 2.00 bits per heavy atom. The van der Waals surface area contributed by atoms with Crippen molar-refractivity contribution in [3.8, 4) is 10.4 Å². The van der Waals surface area contributed by atoms with Crippen LogP contribution < -0.4 is 0 Å². The molecule has 3 aromatic rings. The summed E-state index contributed by atoms with van der Waals surface area (Å²) in [6.07, 6.45) is 0. The summed E-state index contributed by atoms with van der Waals surface area (Å²) in [5, 5.41) is 7.40. The van der Waals surface area contributed by atoms with Crippen LogP contribution in [-0.2, 0) is 11.3 Å². The second-order valence-corrected chi connectivity index (χ2v) is 5.55. The highest BCUT2D eigenvalue weighted by Crippen LogP contribution is 2.28. The first kappa shape index (κ1) is 14.4. The zero-order valence-electron chi connectivity index (χ0n) is 11.6. The maximum atomic E-state index is 12.9. The number of halogens is 1. The molecular weight excluding hydrogens is 307 g/mol. The van der Waals surface area contributed by atoms with Crippen LogP contribution in [-0.4, -0.2) is 16.2 Å². The molecule has 22 heavy (non-hydrogen) atoms. The van der Waals surface area contributed by atoms with E-state index in [0.29, 0.717) is 10.8 Å². The lowest BCUT2D eigenvalue weighted by atomic mass is 10.2. The molecule has 0 fully saturated rings. The van der Waals surface area contributed by atoms with Crippen molar-refractivity contribution in [3.63, 3.8) is 0 Å². The average molecular weight is 318 g/mol. The molecule has 7 heteroatoms. The standard InChI is InChI=1S/C15H11FN2O3S/c1-9-17-18-14(21-9)8-20-15(19)13-7-6-12(22-13)10-2-4-11(16)5-3-10/h2-7H,8H2,1H3. The van der Waals surface area contributed by atoms with Crippen molar-refractivity contribution in [2.45, 2.75) is 13.5 Å². The minimum atomic E-state index is -0.464. The Morgan fingerprint density at radius 3 is 2.68 bits per heavy atom. The fourth-order valence-electron chi connectivity index (χ4n) is 1.81. The number of rotatable bonds is 4. The molecule has 0 saturated carbocycles. The molecule has 0 saturated heterocycles. The summed E-state index contributed by atoms with van der Waals surface area (Å²) in [4.78, 5) is 13.3. The topological polar surface area (TPSA) is 65.2 Å². The molecule has 0 aliphatic carbocycles. The fraction of sp³-hybridized carbons (Fsp3) is 0.133. The first-order valence-electron chi connectivity index (χ1n) is 6.44. The van der Waals surface area contributed by atoms with Crippen LogP contribution in [0.3, 0.4) is 0 Å². The number of thiophene rings is 1. The number of carbonyl (C=O) groups excluding carboxylic acids is 1. The Hall–Kier alpha value is -2.54. The van der Waals surface area contributed by atoms with Gasteiger partial charge in [-0.25, -0.2) is 9.18 Å². The van der Waals surface area contributed by atoms with Crippen LogP contribution in [0.5, 0.6) is 0 Å². The van der Waals surface area contributed by atoms with Gasteiger partial charge in [0.25, 0.3) is 5.89 Å². The van der Waals surface area contributed by atoms with Gasteiger partial charge in [0.2, 0.25) is 5.89 Å². The van der Waals surface area contributed by atoms with Crippen LogP contribution in [0.1, 0.15) is 21.5 Å². The Labute approximate surface area is 129 Å². The van der Waals surface area contributed by atoms with Gasteiger partial charge in [-0.3, -0.25) is 0 Å². The molecule has 0 unspecified atom stereocenters. The van der Waals surface area contributed by atoms with E-state index in [9.17, 15) is 9.18 Å². The molecule has 3 rings (SSSR count). The quantitative estimate of drug-likeness (QED) is 0.688. The van der Waals surface area contributed by atoms with Crippen molar-refractivity contribution in [1.29, 1.82) is 0 Å². The van der Waals surface area contributed by atoms with E-state index in [4.69, 9.17) is 9.15 Å². The molecule has 2 aromatic heterocycles. The first-order chi connectivity index (χ1) is 10.6. The molecule has 2 heterocycles. The van der Waals surface area contributed by atoms with Gasteiger partial charge in [-0.1, -0.05) is 12.1 Å². The van der Waals surface area contributed by atoms with E-state index in [2.05, 4.69) is 10.2 Å². The first-order valence-corrected chi connectivity index (χ1v) is 7.25. The maximum Gasteiger partial charge on any atom is 0.348 e. The molecule has 1 aromatic carbocycles. The normalized spacial score (nSPS) is 10.6. The van der Waals surface area contributed by atoms with E-state index < -0.39 is 5.97 Å². The van der Waals surface area contributed by atoms with Gasteiger partial charge in [0.15, 0.2) is 6.61 Å². The summed E-state index contributed by atoms with van der Waals surface area (Å²) in [7, 11) is 0. The van der Waals surface area contributed by atoms with E-state index in [1.165, 1.54) is 23.5 Å². The zero-order chi connectivity index (χ0) is 15.5. The number of benzene rings is 1. The summed E-state index contributed by atoms with van der Waals surface area (Å²) in [5.74, 6) is -0.0917. The van der Waals surface area contributed by atoms with Crippen LogP contribution in [0, 0.1) is 12.7 Å². The van der Waals surface area contributed by atoms with Gasteiger partial charge in [0.05, 0.1) is 0 Å². The lowest BCUT2D eigenvalue weighted by molar-refractivity contribution is 0.0442. The lowest BCUT2D eigenvalue weighted by Crippen LogP contribution is -2.03. The van der Waals surface area contributed by atoms with E-state index >= 15 is 0 Å². The summed E-state index contributed by atoms with van der Waals surface area (Å²) in [5.41, 5.74) is 0.845. The van der Waals surface area contributed by atoms with Crippen molar-refractivity contribution < 1.29 is 18.3 Å². The maximum absolute atomic E-state index is 12.9. The second kappa shape index (κ2) is 6.07. The number of nitrogens with zero attached hydrogens (tertiary/aromatic N) is 2. The third-order valence-corrected chi connectivity index (χ3v) is 3.94. The molecular formula is C15H11FN2O3S. The Bertz CT molecular complexity index is 795. The SMILES string of the molecule is Cc1nnc(COC(=O)c2ccc(-c3ccc(F)cc3)s2)o1. The van der Waals surface area contributed by atoms with Gasteiger partial charge in [-0.15, -0.1) is 21.5 Å². The smallest absolute Gasteiger partial charge is 0.348 e. The third kappa shape index (κ3) is 3.20. The van der Waals surface area contributed by atoms with Crippen molar-refractivity contribution in [1.82, 2.24) is 10.2 Å². The lowest BCUT2D eigenvalue weighted by Gasteiger charge is -1.99. The number of hydrogen-bond acceptors (Lipinski definition) is 6. The van der Waals surface area contributed by atoms with Crippen molar-refractivity contribution in [2.75, 3.05) is 0 Å². The average Bonchev–Trinajstić information content (AvgIpc) is 3.15. The van der Waals surface area contributed by atoms with Crippen molar-refractivity contribution >= 4 is 17.3 Å². The van der Waals surface area contributed by atoms with E-state index in [-0.39, 0.29) is 18.3 Å². The molecule has 5 nitrogen and oxygen atoms in total. The molecule has 0 radical (unpaired) electrons. The second-order valence-electron chi connectivity index (χ2n) is 4.46. The monoisotopic (exact) mass is 318 g/mol. The minimum absolute atomic E-state index is 0.0660. The summed E-state index contributed by atoms with van der Waals surface area (Å²) >= 11 is 1.28. The highest BCUT2D eigenvalue weighted by atomic mass is 32.1. The van der Waals surface area contributed by atoms with Gasteiger partial charge in [0.1, 0.15) is 10.7 Å². The van der Waals surface area contributed by atoms with Crippen LogP contribution in [0.2, 0.25) is 0 Å². The summed E-state index contributed by atoms with van der Waals surface area (Å²) in [6, 6.07) is 9.56. The predicted molar refractivity (Wildman–Crippen MR) is 77.9 cm³/mol. The van der Waals surface area contributed by atoms with E-state index in [1.807, 2.05) is 0 Å². The van der Waals surface area contributed by atoms with Gasteiger partial charge in [0, 0.05) is 11.8 Å². The largest absolute Gasteiger partial charge is 0.451 e. The Morgan fingerprint density at radius 1 is 1.23 bits per heavy atom. The van der Waals surface area contributed by atoms with Crippen LogP contribution in [0.25, 0.3) is 10.4 Å². The highest BCUT2D eigenvalue weighted by molar-refractivity contribution is 7.17. The number of esters is 1. The highest BCUT2D eigenvalue weighted by Gasteiger charge is 2.13. The van der Waals surface area contributed by atoms with Crippen LogP contribution in [0.4, 0.5) is 4.39 Å². The number of aromatic nitrogens is 2. The molecule has 0 spiro atoms. The number of aryl methyl sites for hydroxylation is 1. The van der Waals surface area contributed by atoms with E-state index in [0.717, 1.165) is 10.4 Å². The third-order valence-electron chi connectivity index (χ3n) is 2.83. The molecule has 0 N–H and O–H groups in total. The molecule has 0 aliphatic heterocycles. The van der Waals surface area contributed by atoms with Gasteiger partial charge in [-0.2, -0.15) is 0 Å². The predicted octanol–water partition coefficient (Wildman–Crippen LogP) is 3.60. The Kier molecular flexibility index (Phi) is 3.97. The molecule has 0 bridgehead atoms. The fourth-order valence-corrected chi connectivity index (χ4v) is 2.72. The molecule has 112 valence electrons. The van der Waals surface area contributed by atoms with Gasteiger partial charge < -0.3 is 9.15 Å². The Balaban J connectivity index is 1.67. The van der Waals surface area contributed by atoms with Crippen LogP contribution in [0.15, 0.2) is 40.8 Å². The van der Waals surface area contributed by atoms with Crippen molar-refractivity contribution in [3.05, 3.63) is 58.9 Å². The van der Waals surface area contributed by atoms with E-state index in [1.54, 1.807) is 31.2 Å². The summed E-state index contributed by atoms with van der Waals surface area (Å²) in [6.45, 7) is 1.59. The zero-order valence-corrected chi connectivity index (χ0v) is 12.4. The van der Waals surface area contributed by atoms with Crippen molar-refractivity contribution in [2.24, 2.45) is 0 Å². The number of carbonyl (C=O) groups is 1. The number of ether oxygens (including phenoxy) is 1. The minimum Gasteiger partial charge on any atom is -0.451 e. The molecule has 0 amide bonds. The van der Waals surface area contributed by atoms with Crippen LogP contribution >= 0.6 is 11.3 Å². The van der Waals surface area contributed by atoms with Gasteiger partial charge >= 0.3 is 5.97 Å². The molecule has 0 aliphatic rings. The van der Waals surface area contributed by atoms with Gasteiger partial charge in [-0.05, 0) is 29.8 Å².